The first-order valence-corrected chi connectivity index (χ1v) is 7.76. The van der Waals surface area contributed by atoms with Gasteiger partial charge in [-0.3, -0.25) is 0 Å². The highest BCUT2D eigenvalue weighted by Gasteiger charge is 2.21. The van der Waals surface area contributed by atoms with Crippen LogP contribution in [-0.2, 0) is 11.2 Å². The molecule has 1 aromatic rings. The first kappa shape index (κ1) is 15.6. The molecule has 0 bridgehead atoms. The summed E-state index contributed by atoms with van der Waals surface area (Å²) in [5.41, 5.74) is 8.51. The van der Waals surface area contributed by atoms with Crippen LogP contribution in [0.5, 0.6) is 0 Å². The zero-order chi connectivity index (χ0) is 14.5. The minimum atomic E-state index is 0.168. The van der Waals surface area contributed by atoms with Gasteiger partial charge in [0, 0.05) is 43.6 Å². The van der Waals surface area contributed by atoms with Crippen LogP contribution in [0, 0.1) is 5.92 Å². The molecule has 1 heterocycles. The van der Waals surface area contributed by atoms with Gasteiger partial charge in [0.2, 0.25) is 0 Å². The molecule has 0 amide bonds. The molecule has 0 radical (unpaired) electrons. The Morgan fingerprint density at radius 3 is 2.70 bits per heavy atom. The second kappa shape index (κ2) is 7.30. The summed E-state index contributed by atoms with van der Waals surface area (Å²) in [5.74, 6) is 0.687. The van der Waals surface area contributed by atoms with Gasteiger partial charge in [0.05, 0.1) is 0 Å². The number of anilines is 1. The highest BCUT2D eigenvalue weighted by atomic mass is 35.5. The zero-order valence-corrected chi connectivity index (χ0v) is 13.2. The lowest BCUT2D eigenvalue weighted by Crippen LogP contribution is -2.36. The van der Waals surface area contributed by atoms with Gasteiger partial charge in [0.15, 0.2) is 0 Å². The van der Waals surface area contributed by atoms with E-state index in [1.54, 1.807) is 7.11 Å². The van der Waals surface area contributed by atoms with Crippen molar-refractivity contribution in [1.82, 2.24) is 0 Å². The smallest absolute Gasteiger partial charge is 0.0491 e. The van der Waals surface area contributed by atoms with Crippen LogP contribution in [0.4, 0.5) is 5.69 Å². The summed E-state index contributed by atoms with van der Waals surface area (Å²) in [6.45, 7) is 5.06. The predicted molar refractivity (Wildman–Crippen MR) is 85.6 cm³/mol. The largest absolute Gasteiger partial charge is 0.384 e. The van der Waals surface area contributed by atoms with Crippen molar-refractivity contribution in [3.8, 4) is 0 Å². The second-order valence-electron chi connectivity index (χ2n) is 5.84. The summed E-state index contributed by atoms with van der Waals surface area (Å²) in [4.78, 5) is 2.44. The number of rotatable bonds is 5. The minimum Gasteiger partial charge on any atom is -0.384 e. The Morgan fingerprint density at radius 2 is 2.10 bits per heavy atom. The van der Waals surface area contributed by atoms with Gasteiger partial charge in [-0.1, -0.05) is 17.7 Å². The van der Waals surface area contributed by atoms with Crippen molar-refractivity contribution < 1.29 is 4.74 Å². The maximum Gasteiger partial charge on any atom is 0.0491 e. The third kappa shape index (κ3) is 4.11. The standard InChI is InChI=1S/C16H25ClN2O/c1-12(18)9-14-3-4-15(17)10-16(14)19-7-5-13(6-8-19)11-20-2/h3-4,10,12-13H,5-9,11,18H2,1-2H3. The summed E-state index contributed by atoms with van der Waals surface area (Å²) in [6.07, 6.45) is 3.25. The van der Waals surface area contributed by atoms with E-state index in [0.29, 0.717) is 5.92 Å². The predicted octanol–water partition coefficient (Wildman–Crippen LogP) is 3.09. The zero-order valence-electron chi connectivity index (χ0n) is 12.4. The fraction of sp³-hybridized carbons (Fsp3) is 0.625. The third-order valence-corrected chi connectivity index (χ3v) is 4.18. The first-order chi connectivity index (χ1) is 9.60. The molecular formula is C16H25ClN2O. The molecule has 1 saturated heterocycles. The number of piperidine rings is 1. The van der Waals surface area contributed by atoms with Crippen LogP contribution in [0.1, 0.15) is 25.3 Å². The maximum absolute atomic E-state index is 6.17. The van der Waals surface area contributed by atoms with Crippen molar-refractivity contribution in [2.24, 2.45) is 11.7 Å². The summed E-state index contributed by atoms with van der Waals surface area (Å²) < 4.78 is 5.26. The van der Waals surface area contributed by atoms with E-state index in [4.69, 9.17) is 22.1 Å². The Labute approximate surface area is 127 Å². The molecule has 0 aromatic heterocycles. The molecule has 3 nitrogen and oxygen atoms in total. The number of nitrogens with two attached hydrogens (primary N) is 1. The Balaban J connectivity index is 2.10. The molecule has 2 rings (SSSR count). The third-order valence-electron chi connectivity index (χ3n) is 3.95. The van der Waals surface area contributed by atoms with E-state index in [9.17, 15) is 0 Å². The Hall–Kier alpha value is -0.770. The fourth-order valence-electron chi connectivity index (χ4n) is 2.93. The molecule has 0 saturated carbocycles. The summed E-state index contributed by atoms with van der Waals surface area (Å²) in [7, 11) is 1.78. The molecule has 4 heteroatoms. The van der Waals surface area contributed by atoms with Crippen molar-refractivity contribution in [3.05, 3.63) is 28.8 Å². The van der Waals surface area contributed by atoms with E-state index < -0.39 is 0 Å². The van der Waals surface area contributed by atoms with Crippen LogP contribution >= 0.6 is 11.6 Å². The number of methoxy groups -OCH3 is 1. The van der Waals surface area contributed by atoms with Crippen LogP contribution in [0.3, 0.4) is 0 Å². The van der Waals surface area contributed by atoms with Crippen LogP contribution in [0.2, 0.25) is 5.02 Å². The number of halogens is 1. The van der Waals surface area contributed by atoms with Crippen molar-refractivity contribution in [2.75, 3.05) is 31.7 Å². The second-order valence-corrected chi connectivity index (χ2v) is 6.28. The van der Waals surface area contributed by atoms with Crippen LogP contribution in [0.25, 0.3) is 0 Å². The lowest BCUT2D eigenvalue weighted by atomic mass is 9.96. The van der Waals surface area contributed by atoms with Gasteiger partial charge in [-0.25, -0.2) is 0 Å². The Bertz CT molecular complexity index is 428. The summed E-state index contributed by atoms with van der Waals surface area (Å²) >= 11 is 6.17. The van der Waals surface area contributed by atoms with Gasteiger partial charge in [-0.05, 0) is 49.8 Å². The molecule has 20 heavy (non-hydrogen) atoms. The van der Waals surface area contributed by atoms with Gasteiger partial charge in [0.1, 0.15) is 0 Å². The maximum atomic E-state index is 6.17. The molecular weight excluding hydrogens is 272 g/mol. The van der Waals surface area contributed by atoms with E-state index in [1.807, 2.05) is 13.0 Å². The fourth-order valence-corrected chi connectivity index (χ4v) is 3.09. The van der Waals surface area contributed by atoms with E-state index in [0.717, 1.165) is 31.1 Å². The molecule has 1 fully saturated rings. The van der Waals surface area contributed by atoms with Crippen LogP contribution in [-0.4, -0.2) is 32.8 Å². The quantitative estimate of drug-likeness (QED) is 0.907. The molecule has 2 N–H and O–H groups in total. The average Bonchev–Trinajstić information content (AvgIpc) is 2.42. The lowest BCUT2D eigenvalue weighted by molar-refractivity contribution is 0.139. The normalized spacial score (nSPS) is 18.3. The van der Waals surface area contributed by atoms with Crippen LogP contribution < -0.4 is 10.6 Å². The van der Waals surface area contributed by atoms with Crippen molar-refractivity contribution in [1.29, 1.82) is 0 Å². The molecule has 0 aliphatic carbocycles. The Kier molecular flexibility index (Phi) is 5.70. The van der Waals surface area contributed by atoms with Crippen molar-refractivity contribution in [2.45, 2.75) is 32.2 Å². The van der Waals surface area contributed by atoms with E-state index in [-0.39, 0.29) is 6.04 Å². The molecule has 1 atom stereocenters. The number of hydrogen-bond donors (Lipinski definition) is 1. The van der Waals surface area contributed by atoms with Crippen molar-refractivity contribution >= 4 is 17.3 Å². The number of ether oxygens (including phenoxy) is 1. The molecule has 1 unspecified atom stereocenters. The van der Waals surface area contributed by atoms with E-state index >= 15 is 0 Å². The monoisotopic (exact) mass is 296 g/mol. The average molecular weight is 297 g/mol. The minimum absolute atomic E-state index is 0.168. The summed E-state index contributed by atoms with van der Waals surface area (Å²) in [5, 5.41) is 0.799. The lowest BCUT2D eigenvalue weighted by Gasteiger charge is -2.35. The van der Waals surface area contributed by atoms with Gasteiger partial charge >= 0.3 is 0 Å². The molecule has 1 aliphatic rings. The van der Waals surface area contributed by atoms with Gasteiger partial charge < -0.3 is 15.4 Å². The SMILES string of the molecule is COCC1CCN(c2cc(Cl)ccc2CC(C)N)CC1. The Morgan fingerprint density at radius 1 is 1.40 bits per heavy atom. The summed E-state index contributed by atoms with van der Waals surface area (Å²) in [6, 6.07) is 6.32. The van der Waals surface area contributed by atoms with E-state index in [1.165, 1.54) is 24.1 Å². The van der Waals surface area contributed by atoms with Crippen LogP contribution in [0.15, 0.2) is 18.2 Å². The topological polar surface area (TPSA) is 38.5 Å². The molecule has 1 aliphatic heterocycles. The molecule has 1 aromatic carbocycles. The highest BCUT2D eigenvalue weighted by Crippen LogP contribution is 2.29. The van der Waals surface area contributed by atoms with Gasteiger partial charge in [-0.2, -0.15) is 0 Å². The highest BCUT2D eigenvalue weighted by molar-refractivity contribution is 6.30. The van der Waals surface area contributed by atoms with Gasteiger partial charge in [0.25, 0.3) is 0 Å². The number of nitrogens with zero attached hydrogens (tertiary/aromatic N) is 1. The van der Waals surface area contributed by atoms with Crippen molar-refractivity contribution in [3.63, 3.8) is 0 Å². The number of hydrogen-bond acceptors (Lipinski definition) is 3. The number of benzene rings is 1. The van der Waals surface area contributed by atoms with E-state index in [2.05, 4.69) is 17.0 Å². The van der Waals surface area contributed by atoms with Gasteiger partial charge in [-0.15, -0.1) is 0 Å². The first-order valence-electron chi connectivity index (χ1n) is 7.38. The molecule has 112 valence electrons. The molecule has 0 spiro atoms.